The van der Waals surface area contributed by atoms with Crippen LogP contribution in [-0.2, 0) is 16.6 Å². The van der Waals surface area contributed by atoms with Crippen molar-refractivity contribution in [3.63, 3.8) is 0 Å². The lowest BCUT2D eigenvalue weighted by Gasteiger charge is -2.34. The predicted octanol–water partition coefficient (Wildman–Crippen LogP) is 2.10. The fourth-order valence-corrected chi connectivity index (χ4v) is 4.80. The Kier molecular flexibility index (Phi) is 6.01. The molecule has 31 heavy (non-hydrogen) atoms. The summed E-state index contributed by atoms with van der Waals surface area (Å²) in [5.74, 6) is 1.02. The molecule has 0 radical (unpaired) electrons. The van der Waals surface area contributed by atoms with Gasteiger partial charge in [-0.25, -0.2) is 8.42 Å². The Morgan fingerprint density at radius 2 is 1.71 bits per heavy atom. The lowest BCUT2D eigenvalue weighted by molar-refractivity contribution is 0.0693. The van der Waals surface area contributed by atoms with E-state index in [0.717, 1.165) is 0 Å². The average molecular weight is 442 g/mol. The van der Waals surface area contributed by atoms with E-state index in [0.29, 0.717) is 36.1 Å². The molecule has 4 rings (SSSR count). The number of hydrogen-bond acceptors (Lipinski definition) is 7. The van der Waals surface area contributed by atoms with E-state index in [4.69, 9.17) is 9.26 Å². The van der Waals surface area contributed by atoms with Crippen LogP contribution in [0.1, 0.15) is 22.1 Å². The highest BCUT2D eigenvalue weighted by molar-refractivity contribution is 7.89. The van der Waals surface area contributed by atoms with Gasteiger partial charge in [-0.2, -0.15) is 9.29 Å². The summed E-state index contributed by atoms with van der Waals surface area (Å²) >= 11 is 0. The standard InChI is InChI=1S/C21H22N4O5S/c1-16-22-20(23-30-16)15-29-19-10-6-5-9-18(19)21(26)24-11-13-25(14-12-24)31(27,28)17-7-3-2-4-8-17/h2-10H,11-15H2,1H3. The monoisotopic (exact) mass is 442 g/mol. The summed E-state index contributed by atoms with van der Waals surface area (Å²) in [4.78, 5) is 19.1. The Balaban J connectivity index is 1.42. The van der Waals surface area contributed by atoms with E-state index < -0.39 is 10.0 Å². The number of hydrogen-bond donors (Lipinski definition) is 0. The molecule has 3 aromatic rings. The first-order valence-electron chi connectivity index (χ1n) is 9.80. The topological polar surface area (TPSA) is 106 Å². The Hall–Kier alpha value is -3.24. The minimum absolute atomic E-state index is 0.0741. The molecule has 0 atom stereocenters. The molecular formula is C21H22N4O5S. The number of amides is 1. The Bertz CT molecular complexity index is 1160. The number of para-hydroxylation sites is 1. The molecule has 1 fully saturated rings. The van der Waals surface area contributed by atoms with E-state index in [1.54, 1.807) is 66.4 Å². The van der Waals surface area contributed by atoms with Gasteiger partial charge in [0.25, 0.3) is 5.91 Å². The molecule has 162 valence electrons. The molecule has 1 amide bonds. The number of benzene rings is 2. The second-order valence-electron chi connectivity index (χ2n) is 7.02. The maximum atomic E-state index is 13.1. The van der Waals surface area contributed by atoms with Crippen LogP contribution in [0.5, 0.6) is 5.75 Å². The molecule has 10 heteroatoms. The molecule has 1 aliphatic heterocycles. The first-order chi connectivity index (χ1) is 14.9. The van der Waals surface area contributed by atoms with Crippen molar-refractivity contribution in [3.05, 3.63) is 71.9 Å². The van der Waals surface area contributed by atoms with Crippen molar-refractivity contribution < 1.29 is 22.5 Å². The number of piperazine rings is 1. The van der Waals surface area contributed by atoms with Gasteiger partial charge in [-0.3, -0.25) is 4.79 Å². The van der Waals surface area contributed by atoms with Gasteiger partial charge in [-0.1, -0.05) is 35.5 Å². The zero-order valence-electron chi connectivity index (χ0n) is 17.0. The average Bonchev–Trinajstić information content (AvgIpc) is 3.23. The van der Waals surface area contributed by atoms with Crippen LogP contribution in [0.15, 0.2) is 64.0 Å². The molecule has 0 aliphatic carbocycles. The van der Waals surface area contributed by atoms with Crippen molar-refractivity contribution >= 4 is 15.9 Å². The first kappa shape index (κ1) is 21.0. The van der Waals surface area contributed by atoms with Crippen LogP contribution < -0.4 is 4.74 Å². The summed E-state index contributed by atoms with van der Waals surface area (Å²) in [7, 11) is -3.57. The van der Waals surface area contributed by atoms with Crippen LogP contribution in [0, 0.1) is 6.92 Å². The lowest BCUT2D eigenvalue weighted by Crippen LogP contribution is -2.50. The number of aryl methyl sites for hydroxylation is 1. The van der Waals surface area contributed by atoms with Gasteiger partial charge in [-0.15, -0.1) is 0 Å². The van der Waals surface area contributed by atoms with E-state index in [9.17, 15) is 13.2 Å². The fraction of sp³-hybridized carbons (Fsp3) is 0.286. The van der Waals surface area contributed by atoms with E-state index >= 15 is 0 Å². The fourth-order valence-electron chi connectivity index (χ4n) is 3.35. The molecule has 1 aromatic heterocycles. The molecule has 0 saturated carbocycles. The minimum Gasteiger partial charge on any atom is -0.485 e. The number of sulfonamides is 1. The Labute approximate surface area is 180 Å². The number of nitrogens with zero attached hydrogens (tertiary/aromatic N) is 4. The number of carbonyl (C=O) groups excluding carboxylic acids is 1. The highest BCUT2D eigenvalue weighted by atomic mass is 32.2. The second-order valence-corrected chi connectivity index (χ2v) is 8.96. The van der Waals surface area contributed by atoms with Crippen molar-refractivity contribution in [2.24, 2.45) is 0 Å². The molecule has 0 unspecified atom stereocenters. The van der Waals surface area contributed by atoms with Crippen molar-refractivity contribution in [1.29, 1.82) is 0 Å². The summed E-state index contributed by atoms with van der Waals surface area (Å²) in [5, 5.41) is 3.78. The molecule has 0 N–H and O–H groups in total. The minimum atomic E-state index is -3.57. The van der Waals surface area contributed by atoms with Gasteiger partial charge in [0.05, 0.1) is 10.5 Å². The highest BCUT2D eigenvalue weighted by Crippen LogP contribution is 2.23. The summed E-state index contributed by atoms with van der Waals surface area (Å²) in [6.45, 7) is 2.81. The maximum Gasteiger partial charge on any atom is 0.257 e. The van der Waals surface area contributed by atoms with Crippen molar-refractivity contribution in [1.82, 2.24) is 19.3 Å². The molecule has 0 bridgehead atoms. The summed E-state index contributed by atoms with van der Waals surface area (Å²) in [6.07, 6.45) is 0. The van der Waals surface area contributed by atoms with Crippen LogP contribution in [0.4, 0.5) is 0 Å². The van der Waals surface area contributed by atoms with Crippen molar-refractivity contribution in [2.75, 3.05) is 26.2 Å². The zero-order valence-corrected chi connectivity index (χ0v) is 17.8. The summed E-state index contributed by atoms with van der Waals surface area (Å²) < 4.78 is 37.7. The van der Waals surface area contributed by atoms with Crippen LogP contribution in [0.25, 0.3) is 0 Å². The predicted molar refractivity (Wildman–Crippen MR) is 111 cm³/mol. The zero-order chi connectivity index (χ0) is 21.8. The van der Waals surface area contributed by atoms with Gasteiger partial charge in [0.2, 0.25) is 21.7 Å². The van der Waals surface area contributed by atoms with Crippen molar-refractivity contribution in [3.8, 4) is 5.75 Å². The maximum absolute atomic E-state index is 13.1. The summed E-state index contributed by atoms with van der Waals surface area (Å²) in [6, 6.07) is 15.2. The third kappa shape index (κ3) is 4.59. The SMILES string of the molecule is Cc1nc(COc2ccccc2C(=O)N2CCN(S(=O)(=O)c3ccccc3)CC2)no1. The summed E-state index contributed by atoms with van der Waals surface area (Å²) in [5.41, 5.74) is 0.405. The van der Waals surface area contributed by atoms with Gasteiger partial charge in [0, 0.05) is 33.1 Å². The van der Waals surface area contributed by atoms with Gasteiger partial charge >= 0.3 is 0 Å². The largest absolute Gasteiger partial charge is 0.485 e. The molecule has 0 spiro atoms. The van der Waals surface area contributed by atoms with E-state index in [2.05, 4.69) is 10.1 Å². The van der Waals surface area contributed by atoms with Gasteiger partial charge in [0.1, 0.15) is 5.75 Å². The van der Waals surface area contributed by atoms with Crippen molar-refractivity contribution in [2.45, 2.75) is 18.4 Å². The number of ether oxygens (including phenoxy) is 1. The van der Waals surface area contributed by atoms with E-state index in [-0.39, 0.29) is 30.5 Å². The van der Waals surface area contributed by atoms with Gasteiger partial charge in [-0.05, 0) is 24.3 Å². The molecule has 9 nitrogen and oxygen atoms in total. The van der Waals surface area contributed by atoms with E-state index in [1.165, 1.54) is 4.31 Å². The molecular weight excluding hydrogens is 420 g/mol. The highest BCUT2D eigenvalue weighted by Gasteiger charge is 2.31. The van der Waals surface area contributed by atoms with Crippen LogP contribution in [0.2, 0.25) is 0 Å². The number of aromatic nitrogens is 2. The Morgan fingerprint density at radius 1 is 1.03 bits per heavy atom. The molecule has 2 heterocycles. The third-order valence-electron chi connectivity index (χ3n) is 4.95. The second kappa shape index (κ2) is 8.86. The third-order valence-corrected chi connectivity index (χ3v) is 6.86. The van der Waals surface area contributed by atoms with Crippen LogP contribution in [-0.4, -0.2) is 59.8 Å². The van der Waals surface area contributed by atoms with E-state index in [1.807, 2.05) is 0 Å². The normalized spacial score (nSPS) is 15.1. The van der Waals surface area contributed by atoms with Gasteiger partial charge < -0.3 is 14.2 Å². The smallest absolute Gasteiger partial charge is 0.257 e. The molecule has 1 saturated heterocycles. The first-order valence-corrected chi connectivity index (χ1v) is 11.2. The quantitative estimate of drug-likeness (QED) is 0.576. The molecule has 1 aliphatic rings. The number of rotatable bonds is 6. The molecule has 2 aromatic carbocycles. The Morgan fingerprint density at radius 3 is 2.39 bits per heavy atom. The van der Waals surface area contributed by atoms with Crippen LogP contribution in [0.3, 0.4) is 0 Å². The lowest BCUT2D eigenvalue weighted by atomic mass is 10.1. The van der Waals surface area contributed by atoms with Crippen LogP contribution >= 0.6 is 0 Å². The number of carbonyl (C=O) groups is 1. The van der Waals surface area contributed by atoms with Gasteiger partial charge in [0.15, 0.2) is 6.61 Å².